The summed E-state index contributed by atoms with van der Waals surface area (Å²) in [5.74, 6) is -0.780. The number of furan rings is 1. The number of aromatic nitrogens is 3. The summed E-state index contributed by atoms with van der Waals surface area (Å²) in [6.07, 6.45) is 1.48. The number of amides is 2. The molecule has 0 saturated carbocycles. The van der Waals surface area contributed by atoms with Gasteiger partial charge in [0.15, 0.2) is 5.76 Å². The number of carbonyl (C=O) groups is 3. The normalized spacial score (nSPS) is 13.0. The molecule has 0 bridgehead atoms. The van der Waals surface area contributed by atoms with E-state index in [2.05, 4.69) is 15.4 Å². The van der Waals surface area contributed by atoms with Crippen molar-refractivity contribution in [3.63, 3.8) is 0 Å². The number of nitrogens with zero attached hydrogens (tertiary/aromatic N) is 4. The predicted octanol–water partition coefficient (Wildman–Crippen LogP) is 3.15. The van der Waals surface area contributed by atoms with Gasteiger partial charge >= 0.3 is 0 Å². The molecule has 1 aliphatic heterocycles. The molecule has 0 saturated heterocycles. The van der Waals surface area contributed by atoms with Gasteiger partial charge in [0.05, 0.1) is 23.9 Å². The molecule has 2 amide bonds. The number of hydrogen-bond donors (Lipinski definition) is 1. The Morgan fingerprint density at radius 2 is 1.81 bits per heavy atom. The van der Waals surface area contributed by atoms with Crippen LogP contribution in [0.25, 0.3) is 11.6 Å². The number of thiophene rings is 1. The topological polar surface area (TPSA) is 110 Å². The number of carbonyl (C=O) groups excluding carboxylic acids is 3. The fraction of sp³-hybridized carbons (Fsp3) is 0.0952. The molecule has 3 aromatic heterocycles. The van der Waals surface area contributed by atoms with Crippen molar-refractivity contribution in [3.05, 3.63) is 76.2 Å². The summed E-state index contributed by atoms with van der Waals surface area (Å²) in [7, 11) is 0. The molecule has 0 unspecified atom stereocenters. The van der Waals surface area contributed by atoms with Crippen LogP contribution in [0.2, 0.25) is 0 Å². The number of rotatable bonds is 6. The molecule has 4 aromatic rings. The Kier molecular flexibility index (Phi) is 4.68. The van der Waals surface area contributed by atoms with Gasteiger partial charge in [0, 0.05) is 4.88 Å². The molecule has 10 heteroatoms. The van der Waals surface area contributed by atoms with Crippen LogP contribution in [0.5, 0.6) is 0 Å². The molecule has 0 aliphatic carbocycles. The summed E-state index contributed by atoms with van der Waals surface area (Å²) in [5.41, 5.74) is 0.567. The molecular weight excluding hydrogens is 418 g/mol. The molecule has 1 N–H and O–H groups in total. The van der Waals surface area contributed by atoms with E-state index in [0.29, 0.717) is 12.3 Å². The van der Waals surface area contributed by atoms with Crippen LogP contribution in [0.15, 0.2) is 64.6 Å². The number of benzene rings is 1. The van der Waals surface area contributed by atoms with Crippen LogP contribution in [0.1, 0.15) is 30.4 Å². The fourth-order valence-electron chi connectivity index (χ4n) is 3.27. The van der Waals surface area contributed by atoms with E-state index in [1.165, 1.54) is 6.26 Å². The van der Waals surface area contributed by atoms with E-state index in [0.717, 1.165) is 14.5 Å². The minimum Gasteiger partial charge on any atom is -0.461 e. The highest BCUT2D eigenvalue weighted by Gasteiger charge is 2.37. The van der Waals surface area contributed by atoms with E-state index in [1.54, 1.807) is 47.7 Å². The molecule has 1 aromatic carbocycles. The van der Waals surface area contributed by atoms with Crippen molar-refractivity contribution in [1.29, 1.82) is 0 Å². The van der Waals surface area contributed by atoms with Crippen molar-refractivity contribution >= 4 is 35.0 Å². The fourth-order valence-corrected chi connectivity index (χ4v) is 3.92. The first-order valence-corrected chi connectivity index (χ1v) is 10.3. The number of fused-ring (bicyclic) bond motifs is 1. The molecule has 0 atom stereocenters. The average Bonchev–Trinajstić information content (AvgIpc) is 3.57. The molecule has 154 valence electrons. The Bertz CT molecular complexity index is 1240. The quantitative estimate of drug-likeness (QED) is 0.465. The number of imide groups is 1. The van der Waals surface area contributed by atoms with E-state index in [1.807, 2.05) is 17.5 Å². The lowest BCUT2D eigenvalue weighted by atomic mass is 10.1. The second-order valence-corrected chi connectivity index (χ2v) is 7.75. The van der Waals surface area contributed by atoms with Crippen LogP contribution in [0.4, 0.5) is 5.95 Å². The summed E-state index contributed by atoms with van der Waals surface area (Å²) in [5, 5.41) is 9.29. The first-order chi connectivity index (χ1) is 15.1. The molecular formula is C21H15N5O4S. The monoisotopic (exact) mass is 433 g/mol. The van der Waals surface area contributed by atoms with Crippen LogP contribution in [-0.2, 0) is 6.54 Å². The number of anilines is 1. The van der Waals surface area contributed by atoms with Gasteiger partial charge in [-0.05, 0) is 35.7 Å². The van der Waals surface area contributed by atoms with Gasteiger partial charge in [0.25, 0.3) is 17.7 Å². The van der Waals surface area contributed by atoms with Crippen molar-refractivity contribution in [2.75, 3.05) is 11.9 Å². The highest BCUT2D eigenvalue weighted by Crippen LogP contribution is 2.23. The van der Waals surface area contributed by atoms with Crippen molar-refractivity contribution in [1.82, 2.24) is 19.7 Å². The van der Waals surface area contributed by atoms with Gasteiger partial charge in [0.1, 0.15) is 6.54 Å². The summed E-state index contributed by atoms with van der Waals surface area (Å²) in [6.45, 7) is -0.0186. The van der Waals surface area contributed by atoms with E-state index in [9.17, 15) is 14.4 Å². The number of nitrogens with one attached hydrogen (secondary N) is 1. The molecule has 1 aliphatic rings. The lowest BCUT2D eigenvalue weighted by Gasteiger charge is -2.13. The summed E-state index contributed by atoms with van der Waals surface area (Å²) in [6, 6.07) is 13.7. The van der Waals surface area contributed by atoms with Crippen molar-refractivity contribution in [2.45, 2.75) is 6.54 Å². The Morgan fingerprint density at radius 1 is 1.03 bits per heavy atom. The first kappa shape index (κ1) is 18.9. The van der Waals surface area contributed by atoms with E-state index in [-0.39, 0.29) is 22.9 Å². The van der Waals surface area contributed by atoms with Crippen molar-refractivity contribution < 1.29 is 18.8 Å². The smallest absolute Gasteiger partial charge is 0.270 e. The van der Waals surface area contributed by atoms with Gasteiger partial charge in [-0.2, -0.15) is 9.67 Å². The van der Waals surface area contributed by atoms with Crippen LogP contribution >= 0.6 is 11.3 Å². The van der Waals surface area contributed by atoms with Crippen LogP contribution in [0, 0.1) is 0 Å². The summed E-state index contributed by atoms with van der Waals surface area (Å²) < 4.78 is 6.40. The van der Waals surface area contributed by atoms with Crippen LogP contribution in [0.3, 0.4) is 0 Å². The zero-order valence-electron chi connectivity index (χ0n) is 16.0. The summed E-state index contributed by atoms with van der Waals surface area (Å²) >= 11 is 1.56. The van der Waals surface area contributed by atoms with Gasteiger partial charge in [-0.15, -0.1) is 16.4 Å². The lowest BCUT2D eigenvalue weighted by Crippen LogP contribution is -2.37. The third kappa shape index (κ3) is 3.42. The maximum atomic E-state index is 13.1. The average molecular weight is 433 g/mol. The molecule has 4 heterocycles. The Hall–Kier alpha value is -4.05. The van der Waals surface area contributed by atoms with Gasteiger partial charge in [0.2, 0.25) is 11.8 Å². The van der Waals surface area contributed by atoms with E-state index < -0.39 is 24.3 Å². The Labute approximate surface area is 179 Å². The Morgan fingerprint density at radius 3 is 2.45 bits per heavy atom. The molecule has 31 heavy (non-hydrogen) atoms. The molecule has 0 radical (unpaired) electrons. The lowest BCUT2D eigenvalue weighted by molar-refractivity contribution is 0.0601. The highest BCUT2D eigenvalue weighted by molar-refractivity contribution is 7.09. The standard InChI is InChI=1S/C21H15N5O4S/c27-17(12-25-19(28)14-6-1-2-7-15(14)20(25)29)26-21(22-11-13-5-4-10-31-13)23-18(24-26)16-8-3-9-30-16/h1-10H,11-12H2,(H,22,23,24). The second kappa shape index (κ2) is 7.65. The SMILES string of the molecule is O=C1c2ccccc2C(=O)N1CC(=O)n1nc(-c2ccco2)nc1NCc1cccs1. The van der Waals surface area contributed by atoms with Crippen molar-refractivity contribution in [3.8, 4) is 11.6 Å². The maximum Gasteiger partial charge on any atom is 0.270 e. The predicted molar refractivity (Wildman–Crippen MR) is 112 cm³/mol. The first-order valence-electron chi connectivity index (χ1n) is 9.37. The van der Waals surface area contributed by atoms with Gasteiger partial charge in [-0.25, -0.2) is 0 Å². The van der Waals surface area contributed by atoms with Crippen molar-refractivity contribution in [2.24, 2.45) is 0 Å². The zero-order chi connectivity index (χ0) is 21.4. The minimum atomic E-state index is -0.575. The Balaban J connectivity index is 1.42. The molecule has 0 spiro atoms. The van der Waals surface area contributed by atoms with Crippen LogP contribution in [-0.4, -0.2) is 43.9 Å². The third-order valence-corrected chi connectivity index (χ3v) is 5.63. The molecule has 9 nitrogen and oxygen atoms in total. The zero-order valence-corrected chi connectivity index (χ0v) is 16.8. The van der Waals surface area contributed by atoms with Crippen LogP contribution < -0.4 is 5.32 Å². The minimum absolute atomic E-state index is 0.196. The maximum absolute atomic E-state index is 13.1. The number of hydrogen-bond acceptors (Lipinski definition) is 8. The van der Waals surface area contributed by atoms with E-state index in [4.69, 9.17) is 4.42 Å². The largest absolute Gasteiger partial charge is 0.461 e. The second-order valence-electron chi connectivity index (χ2n) is 6.72. The molecule has 5 rings (SSSR count). The van der Waals surface area contributed by atoms with Gasteiger partial charge in [-0.3, -0.25) is 19.3 Å². The summed E-state index contributed by atoms with van der Waals surface area (Å²) in [4.78, 5) is 44.6. The highest BCUT2D eigenvalue weighted by atomic mass is 32.1. The van der Waals surface area contributed by atoms with Gasteiger partial charge in [-0.1, -0.05) is 18.2 Å². The van der Waals surface area contributed by atoms with E-state index >= 15 is 0 Å². The molecule has 0 fully saturated rings. The van der Waals surface area contributed by atoms with Gasteiger partial charge < -0.3 is 9.73 Å². The third-order valence-electron chi connectivity index (χ3n) is 4.76.